The standard InChI is InChI=1S/C13H15BrFN3O/c1-13(2,3)16-7-11-17-18-12(19-11)8-4-5-9(14)10(15)6-8/h4-6,16H,7H2,1-3H3. The molecule has 0 spiro atoms. The van der Waals surface area contributed by atoms with E-state index in [1.165, 1.54) is 6.07 Å². The van der Waals surface area contributed by atoms with Crippen molar-refractivity contribution in [1.29, 1.82) is 0 Å². The van der Waals surface area contributed by atoms with E-state index >= 15 is 0 Å². The van der Waals surface area contributed by atoms with E-state index in [-0.39, 0.29) is 11.4 Å². The number of hydrogen-bond donors (Lipinski definition) is 1. The Morgan fingerprint density at radius 3 is 2.68 bits per heavy atom. The second kappa shape index (κ2) is 5.38. The normalized spacial score (nSPS) is 11.8. The Morgan fingerprint density at radius 2 is 2.05 bits per heavy atom. The zero-order valence-corrected chi connectivity index (χ0v) is 12.6. The maximum absolute atomic E-state index is 13.4. The van der Waals surface area contributed by atoms with Crippen molar-refractivity contribution in [3.8, 4) is 11.5 Å². The van der Waals surface area contributed by atoms with Crippen LogP contribution >= 0.6 is 15.9 Å². The topological polar surface area (TPSA) is 51.0 Å². The summed E-state index contributed by atoms with van der Waals surface area (Å²) in [6.45, 7) is 6.63. The molecule has 1 aromatic heterocycles. The Labute approximate surface area is 119 Å². The number of halogens is 2. The molecule has 0 aliphatic carbocycles. The van der Waals surface area contributed by atoms with Crippen molar-refractivity contribution in [1.82, 2.24) is 15.5 Å². The highest BCUT2D eigenvalue weighted by Gasteiger charge is 2.13. The largest absolute Gasteiger partial charge is 0.419 e. The van der Waals surface area contributed by atoms with Crippen molar-refractivity contribution in [2.45, 2.75) is 32.9 Å². The van der Waals surface area contributed by atoms with Crippen LogP contribution in [-0.4, -0.2) is 15.7 Å². The average molecular weight is 328 g/mol. The molecule has 2 aromatic rings. The third kappa shape index (κ3) is 3.84. The maximum Gasteiger partial charge on any atom is 0.247 e. The van der Waals surface area contributed by atoms with E-state index in [9.17, 15) is 4.39 Å². The molecule has 0 atom stereocenters. The molecule has 2 rings (SSSR count). The van der Waals surface area contributed by atoms with Crippen LogP contribution in [0.1, 0.15) is 26.7 Å². The van der Waals surface area contributed by atoms with Gasteiger partial charge >= 0.3 is 0 Å². The summed E-state index contributed by atoms with van der Waals surface area (Å²) >= 11 is 3.10. The molecule has 0 radical (unpaired) electrons. The van der Waals surface area contributed by atoms with Gasteiger partial charge < -0.3 is 9.73 Å². The lowest BCUT2D eigenvalue weighted by molar-refractivity contribution is 0.383. The SMILES string of the molecule is CC(C)(C)NCc1nnc(-c2ccc(Br)c(F)c2)o1. The maximum atomic E-state index is 13.4. The van der Waals surface area contributed by atoms with Gasteiger partial charge in [0.2, 0.25) is 11.8 Å². The number of benzene rings is 1. The van der Waals surface area contributed by atoms with Gasteiger partial charge in [-0.25, -0.2) is 4.39 Å². The Hall–Kier alpha value is -1.27. The summed E-state index contributed by atoms with van der Waals surface area (Å²) < 4.78 is 19.3. The van der Waals surface area contributed by atoms with Gasteiger partial charge in [0.15, 0.2) is 0 Å². The first kappa shape index (κ1) is 14.1. The molecule has 0 amide bonds. The van der Waals surface area contributed by atoms with Crippen LogP contribution in [0.4, 0.5) is 4.39 Å². The minimum atomic E-state index is -0.356. The Kier molecular flexibility index (Phi) is 4.01. The number of rotatable bonds is 3. The van der Waals surface area contributed by atoms with Crippen molar-refractivity contribution in [3.63, 3.8) is 0 Å². The van der Waals surface area contributed by atoms with E-state index < -0.39 is 0 Å². The van der Waals surface area contributed by atoms with E-state index in [1.807, 2.05) is 20.8 Å². The summed E-state index contributed by atoms with van der Waals surface area (Å²) in [5.41, 5.74) is 0.536. The van der Waals surface area contributed by atoms with Crippen molar-refractivity contribution in [3.05, 3.63) is 34.4 Å². The minimum absolute atomic E-state index is 0.0294. The zero-order chi connectivity index (χ0) is 14.0. The summed E-state index contributed by atoms with van der Waals surface area (Å²) in [5, 5.41) is 11.1. The van der Waals surface area contributed by atoms with Gasteiger partial charge in [0, 0.05) is 11.1 Å². The summed E-state index contributed by atoms with van der Waals surface area (Å²) in [5.74, 6) is 0.440. The third-order valence-corrected chi connectivity index (χ3v) is 3.05. The van der Waals surface area contributed by atoms with Gasteiger partial charge in [-0.1, -0.05) is 0 Å². The zero-order valence-electron chi connectivity index (χ0n) is 11.0. The molecule has 6 heteroatoms. The molecule has 0 bridgehead atoms. The molecule has 1 N–H and O–H groups in total. The highest BCUT2D eigenvalue weighted by Crippen LogP contribution is 2.23. The van der Waals surface area contributed by atoms with Gasteiger partial charge in [-0.2, -0.15) is 0 Å². The molecule has 0 saturated heterocycles. The van der Waals surface area contributed by atoms with Gasteiger partial charge in [0.05, 0.1) is 11.0 Å². The van der Waals surface area contributed by atoms with Crippen molar-refractivity contribution >= 4 is 15.9 Å². The lowest BCUT2D eigenvalue weighted by Crippen LogP contribution is -2.35. The predicted octanol–water partition coefficient (Wildman–Crippen LogP) is 3.53. The van der Waals surface area contributed by atoms with E-state index in [2.05, 4.69) is 31.4 Å². The van der Waals surface area contributed by atoms with Gasteiger partial charge in [-0.3, -0.25) is 0 Å². The van der Waals surface area contributed by atoms with Crippen molar-refractivity contribution in [2.75, 3.05) is 0 Å². The molecule has 0 aliphatic heterocycles. The van der Waals surface area contributed by atoms with Crippen LogP contribution in [0.5, 0.6) is 0 Å². The third-order valence-electron chi connectivity index (χ3n) is 2.40. The van der Waals surface area contributed by atoms with Crippen LogP contribution < -0.4 is 5.32 Å². The fourth-order valence-electron chi connectivity index (χ4n) is 1.41. The lowest BCUT2D eigenvalue weighted by Gasteiger charge is -2.18. The minimum Gasteiger partial charge on any atom is -0.419 e. The first-order valence-corrected chi connectivity index (χ1v) is 6.67. The molecule has 0 aliphatic rings. The number of nitrogens with one attached hydrogen (secondary N) is 1. The molecule has 0 unspecified atom stereocenters. The Bertz CT molecular complexity index is 578. The summed E-state index contributed by atoms with van der Waals surface area (Å²) in [7, 11) is 0. The fraction of sp³-hybridized carbons (Fsp3) is 0.385. The van der Waals surface area contributed by atoms with Crippen LogP contribution in [0, 0.1) is 5.82 Å². The first-order valence-electron chi connectivity index (χ1n) is 5.88. The first-order chi connectivity index (χ1) is 8.85. The predicted molar refractivity (Wildman–Crippen MR) is 74.0 cm³/mol. The van der Waals surface area contributed by atoms with Gasteiger partial charge in [0.25, 0.3) is 0 Å². The number of nitrogens with zero attached hydrogens (tertiary/aromatic N) is 2. The lowest BCUT2D eigenvalue weighted by atomic mass is 10.1. The van der Waals surface area contributed by atoms with Crippen molar-refractivity contribution < 1.29 is 8.81 Å². The number of hydrogen-bond acceptors (Lipinski definition) is 4. The Morgan fingerprint density at radius 1 is 1.32 bits per heavy atom. The molecule has 19 heavy (non-hydrogen) atoms. The van der Waals surface area contributed by atoms with Crippen LogP contribution in [0.2, 0.25) is 0 Å². The summed E-state index contributed by atoms with van der Waals surface area (Å²) in [4.78, 5) is 0. The molecule has 0 fully saturated rings. The highest BCUT2D eigenvalue weighted by molar-refractivity contribution is 9.10. The Balaban J connectivity index is 2.14. The van der Waals surface area contributed by atoms with Crippen LogP contribution in [0.25, 0.3) is 11.5 Å². The molecule has 4 nitrogen and oxygen atoms in total. The van der Waals surface area contributed by atoms with E-state index in [4.69, 9.17) is 4.42 Å². The quantitative estimate of drug-likeness (QED) is 0.936. The molecular formula is C13H15BrFN3O. The summed E-state index contributed by atoms with van der Waals surface area (Å²) in [6.07, 6.45) is 0. The van der Waals surface area contributed by atoms with E-state index in [0.717, 1.165) is 0 Å². The van der Waals surface area contributed by atoms with E-state index in [1.54, 1.807) is 12.1 Å². The smallest absolute Gasteiger partial charge is 0.247 e. The van der Waals surface area contributed by atoms with Crippen LogP contribution in [0.3, 0.4) is 0 Å². The molecule has 102 valence electrons. The number of aromatic nitrogens is 2. The van der Waals surface area contributed by atoms with E-state index in [0.29, 0.717) is 28.4 Å². The fourth-order valence-corrected chi connectivity index (χ4v) is 1.66. The van der Waals surface area contributed by atoms with Crippen LogP contribution in [-0.2, 0) is 6.54 Å². The second-order valence-corrected chi connectivity index (χ2v) is 6.09. The average Bonchev–Trinajstić information content (AvgIpc) is 2.78. The monoisotopic (exact) mass is 327 g/mol. The van der Waals surface area contributed by atoms with Gasteiger partial charge in [-0.15, -0.1) is 10.2 Å². The highest BCUT2D eigenvalue weighted by atomic mass is 79.9. The molecule has 0 saturated carbocycles. The van der Waals surface area contributed by atoms with Gasteiger partial charge in [0.1, 0.15) is 5.82 Å². The van der Waals surface area contributed by atoms with Crippen LogP contribution in [0.15, 0.2) is 27.1 Å². The molecule has 1 heterocycles. The van der Waals surface area contributed by atoms with Gasteiger partial charge in [-0.05, 0) is 54.9 Å². The van der Waals surface area contributed by atoms with Crippen molar-refractivity contribution in [2.24, 2.45) is 0 Å². The molecule has 1 aromatic carbocycles. The molecular weight excluding hydrogens is 313 g/mol. The second-order valence-electron chi connectivity index (χ2n) is 5.23. The summed E-state index contributed by atoms with van der Waals surface area (Å²) in [6, 6.07) is 4.70.